The zero-order valence-electron chi connectivity index (χ0n) is 30.7. The Kier molecular flexibility index (Phi) is 5.70. The molecule has 0 saturated carbocycles. The third kappa shape index (κ3) is 3.82. The fourth-order valence-electron chi connectivity index (χ4n) is 10.2. The van der Waals surface area contributed by atoms with Crippen molar-refractivity contribution >= 4 is 87.4 Å². The smallest absolute Gasteiger partial charge is 0.136 e. The Labute approximate surface area is 321 Å². The molecule has 0 atom stereocenters. The first-order chi connectivity index (χ1) is 27.5. The van der Waals surface area contributed by atoms with Gasteiger partial charge in [0, 0.05) is 37.7 Å². The summed E-state index contributed by atoms with van der Waals surface area (Å²) in [5.41, 5.74) is 15.2. The Morgan fingerprint density at radius 1 is 0.321 bits per heavy atom. The number of furan rings is 3. The molecule has 0 N–H and O–H groups in total. The second-order valence-corrected chi connectivity index (χ2v) is 15.9. The summed E-state index contributed by atoms with van der Waals surface area (Å²) in [4.78, 5) is 0. The van der Waals surface area contributed by atoms with Crippen molar-refractivity contribution in [2.24, 2.45) is 0 Å². The van der Waals surface area contributed by atoms with Crippen LogP contribution in [-0.4, -0.2) is 0 Å². The summed E-state index contributed by atoms with van der Waals surface area (Å²) in [7, 11) is 0. The van der Waals surface area contributed by atoms with Gasteiger partial charge in [-0.1, -0.05) is 123 Å². The van der Waals surface area contributed by atoms with Crippen molar-refractivity contribution in [3.63, 3.8) is 0 Å². The molecule has 0 aliphatic heterocycles. The molecule has 3 heterocycles. The normalized spacial score (nSPS) is 13.7. The predicted molar refractivity (Wildman–Crippen MR) is 232 cm³/mol. The van der Waals surface area contributed by atoms with Crippen molar-refractivity contribution in [2.45, 2.75) is 19.3 Å². The van der Waals surface area contributed by atoms with E-state index in [9.17, 15) is 0 Å². The van der Waals surface area contributed by atoms with E-state index >= 15 is 0 Å². The highest BCUT2D eigenvalue weighted by Crippen LogP contribution is 2.53. The molecule has 0 fully saturated rings. The molecule has 56 heavy (non-hydrogen) atoms. The van der Waals surface area contributed by atoms with E-state index in [-0.39, 0.29) is 5.41 Å². The number of hydrogen-bond donors (Lipinski definition) is 0. The molecule has 0 radical (unpaired) electrons. The minimum atomic E-state index is -0.0701. The highest BCUT2D eigenvalue weighted by atomic mass is 16.3. The van der Waals surface area contributed by atoms with E-state index in [1.165, 1.54) is 60.3 Å². The van der Waals surface area contributed by atoms with Crippen LogP contribution in [0.25, 0.3) is 121 Å². The monoisotopic (exact) mass is 716 g/mol. The Morgan fingerprint density at radius 2 is 0.768 bits per heavy atom. The molecule has 262 valence electrons. The van der Waals surface area contributed by atoms with Gasteiger partial charge in [0.25, 0.3) is 0 Å². The first-order valence-corrected chi connectivity index (χ1v) is 19.3. The first-order valence-electron chi connectivity index (χ1n) is 19.3. The van der Waals surface area contributed by atoms with Crippen LogP contribution in [0.5, 0.6) is 0 Å². The summed E-state index contributed by atoms with van der Waals surface area (Å²) in [6, 6.07) is 56.7. The lowest BCUT2D eigenvalue weighted by atomic mass is 9.82. The highest BCUT2D eigenvalue weighted by molar-refractivity contribution is 6.27. The topological polar surface area (TPSA) is 39.4 Å². The van der Waals surface area contributed by atoms with Crippen LogP contribution in [-0.2, 0) is 5.41 Å². The Balaban J connectivity index is 1.03. The summed E-state index contributed by atoms with van der Waals surface area (Å²) >= 11 is 0. The molecule has 1 aliphatic carbocycles. The van der Waals surface area contributed by atoms with Gasteiger partial charge in [0.05, 0.1) is 0 Å². The summed E-state index contributed by atoms with van der Waals surface area (Å²) < 4.78 is 19.6. The van der Waals surface area contributed by atoms with Gasteiger partial charge in [-0.15, -0.1) is 0 Å². The summed E-state index contributed by atoms with van der Waals surface area (Å²) in [6.45, 7) is 4.66. The maximum Gasteiger partial charge on any atom is 0.136 e. The molecule has 0 unspecified atom stereocenters. The first kappa shape index (κ1) is 30.3. The predicted octanol–water partition coefficient (Wildman–Crippen LogP) is 15.3. The van der Waals surface area contributed by atoms with Crippen molar-refractivity contribution in [3.8, 4) is 33.4 Å². The molecule has 3 aromatic heterocycles. The average molecular weight is 717 g/mol. The van der Waals surface area contributed by atoms with Crippen LogP contribution >= 0.6 is 0 Å². The number of rotatable bonds is 2. The van der Waals surface area contributed by atoms with E-state index in [4.69, 9.17) is 13.3 Å². The van der Waals surface area contributed by atoms with Crippen LogP contribution in [0.2, 0.25) is 0 Å². The van der Waals surface area contributed by atoms with Gasteiger partial charge in [0.15, 0.2) is 0 Å². The van der Waals surface area contributed by atoms with Gasteiger partial charge >= 0.3 is 0 Å². The van der Waals surface area contributed by atoms with E-state index < -0.39 is 0 Å². The second kappa shape index (κ2) is 10.6. The minimum Gasteiger partial charge on any atom is -0.456 e. The van der Waals surface area contributed by atoms with E-state index in [2.05, 4.69) is 147 Å². The maximum atomic E-state index is 6.74. The van der Waals surface area contributed by atoms with Crippen LogP contribution in [0.4, 0.5) is 0 Å². The standard InChI is InChI=1S/C53H32O3/c1-53(2)39-17-9-7-15-35(39)49-40(53)23-24-42-50(49)37-21-19-29(27-45(37)55-42)47-31-11-3-5-13-33(31)48(34-14-6-4-12-32(34)47)30-20-22-38-46(28-30)56-44-26-25-43-51(52(38)44)36-16-8-10-18-41(36)54-43/h3-28H,1-2H3. The Hall–Kier alpha value is -7.10. The molecule has 3 heteroatoms. The lowest BCUT2D eigenvalue weighted by Gasteiger charge is -2.21. The van der Waals surface area contributed by atoms with Gasteiger partial charge in [-0.05, 0) is 115 Å². The number of fused-ring (bicyclic) bond motifs is 16. The van der Waals surface area contributed by atoms with Crippen LogP contribution < -0.4 is 0 Å². The van der Waals surface area contributed by atoms with Gasteiger partial charge in [-0.25, -0.2) is 0 Å². The van der Waals surface area contributed by atoms with Crippen molar-refractivity contribution in [1.82, 2.24) is 0 Å². The van der Waals surface area contributed by atoms with Crippen LogP contribution in [0.15, 0.2) is 171 Å². The van der Waals surface area contributed by atoms with Gasteiger partial charge < -0.3 is 13.3 Å². The van der Waals surface area contributed by atoms with Gasteiger partial charge in [-0.2, -0.15) is 0 Å². The lowest BCUT2D eigenvalue weighted by molar-refractivity contribution is 0.656. The molecule has 12 aromatic rings. The molecule has 9 aromatic carbocycles. The fourth-order valence-corrected chi connectivity index (χ4v) is 10.2. The van der Waals surface area contributed by atoms with E-state index in [0.717, 1.165) is 71.6 Å². The summed E-state index contributed by atoms with van der Waals surface area (Å²) in [5.74, 6) is 0. The van der Waals surface area contributed by atoms with Gasteiger partial charge in [0.2, 0.25) is 0 Å². The SMILES string of the molecule is CC1(C)c2ccccc2-c2c1ccc1oc3cc(-c4c5ccccc5c(-c5ccc6c(c5)oc5ccc7oc8ccccc8c7c56)c5ccccc45)ccc3c21. The zero-order valence-corrected chi connectivity index (χ0v) is 30.7. The van der Waals surface area contributed by atoms with E-state index in [1.807, 2.05) is 24.3 Å². The minimum absolute atomic E-state index is 0.0701. The average Bonchev–Trinajstić information content (AvgIpc) is 3.97. The molecule has 0 saturated heterocycles. The molecule has 0 bridgehead atoms. The van der Waals surface area contributed by atoms with Crippen molar-refractivity contribution < 1.29 is 13.3 Å². The van der Waals surface area contributed by atoms with E-state index in [1.54, 1.807) is 0 Å². The van der Waals surface area contributed by atoms with Crippen LogP contribution in [0.1, 0.15) is 25.0 Å². The molecule has 3 nitrogen and oxygen atoms in total. The van der Waals surface area contributed by atoms with Crippen molar-refractivity contribution in [1.29, 1.82) is 0 Å². The highest BCUT2D eigenvalue weighted by Gasteiger charge is 2.37. The molecule has 13 rings (SSSR count). The van der Waals surface area contributed by atoms with Crippen molar-refractivity contribution in [2.75, 3.05) is 0 Å². The maximum absolute atomic E-state index is 6.74. The quantitative estimate of drug-likeness (QED) is 0.167. The van der Waals surface area contributed by atoms with Crippen LogP contribution in [0, 0.1) is 0 Å². The molecule has 0 amide bonds. The van der Waals surface area contributed by atoms with Gasteiger partial charge in [-0.3, -0.25) is 0 Å². The van der Waals surface area contributed by atoms with Crippen molar-refractivity contribution in [3.05, 3.63) is 169 Å². The Bertz CT molecular complexity index is 3620. The summed E-state index contributed by atoms with van der Waals surface area (Å²) in [6.07, 6.45) is 0. The van der Waals surface area contributed by atoms with E-state index in [0.29, 0.717) is 0 Å². The molecular weight excluding hydrogens is 685 g/mol. The molecule has 1 aliphatic rings. The van der Waals surface area contributed by atoms with Gasteiger partial charge in [0.1, 0.15) is 33.5 Å². The number of para-hydroxylation sites is 1. The third-order valence-corrected chi connectivity index (χ3v) is 12.7. The number of benzene rings is 9. The largest absolute Gasteiger partial charge is 0.456 e. The number of hydrogen-bond acceptors (Lipinski definition) is 3. The molecular formula is C53H32O3. The fraction of sp³-hybridized carbons (Fsp3) is 0.0566. The summed E-state index contributed by atoms with van der Waals surface area (Å²) in [5, 5.41) is 11.5. The van der Waals surface area contributed by atoms with Crippen LogP contribution in [0.3, 0.4) is 0 Å². The Morgan fingerprint density at radius 3 is 1.38 bits per heavy atom. The third-order valence-electron chi connectivity index (χ3n) is 12.7. The lowest BCUT2D eigenvalue weighted by Crippen LogP contribution is -2.14. The second-order valence-electron chi connectivity index (χ2n) is 15.9. The zero-order chi connectivity index (χ0) is 36.9. The molecule has 0 spiro atoms.